The maximum Gasteiger partial charge on any atom is 0.498 e. The van der Waals surface area contributed by atoms with Gasteiger partial charge in [-0.2, -0.15) is 0 Å². The standard InChI is InChI=1S/C19H21BF2N2O3.C2H6/c1-18(2)19(3,4)27-20(26-18)13-9-15(24)11(10-23)7-17(13)25-16-6-5-12(21)8-14(16)22;1-2/h5-10,23H,24H2,1-4H3;1-2H3. The number of halogens is 2. The van der Waals surface area contributed by atoms with Crippen molar-refractivity contribution in [2.24, 2.45) is 0 Å². The maximum atomic E-state index is 14.1. The molecule has 0 saturated carbocycles. The molecule has 3 N–H and O–H groups in total. The fourth-order valence-electron chi connectivity index (χ4n) is 2.67. The lowest BCUT2D eigenvalue weighted by atomic mass is 9.77. The second-order valence-electron chi connectivity index (χ2n) is 7.43. The van der Waals surface area contributed by atoms with E-state index in [2.05, 4.69) is 0 Å². The largest absolute Gasteiger partial charge is 0.498 e. The first-order chi connectivity index (χ1) is 13.5. The van der Waals surface area contributed by atoms with E-state index in [-0.39, 0.29) is 11.5 Å². The highest BCUT2D eigenvalue weighted by Gasteiger charge is 2.52. The first kappa shape index (κ1) is 22.8. The molecule has 3 rings (SSSR count). The molecule has 1 aliphatic rings. The van der Waals surface area contributed by atoms with Gasteiger partial charge in [-0.1, -0.05) is 13.8 Å². The van der Waals surface area contributed by atoms with Gasteiger partial charge in [-0.3, -0.25) is 0 Å². The number of nitrogens with two attached hydrogens (primary N) is 1. The van der Waals surface area contributed by atoms with E-state index < -0.39 is 30.0 Å². The molecule has 0 aliphatic carbocycles. The third-order valence-electron chi connectivity index (χ3n) is 4.99. The molecule has 0 aromatic heterocycles. The predicted octanol–water partition coefficient (Wildman–Crippen LogP) is 4.66. The third-order valence-corrected chi connectivity index (χ3v) is 4.99. The van der Waals surface area contributed by atoms with Crippen LogP contribution in [0.25, 0.3) is 0 Å². The van der Waals surface area contributed by atoms with Crippen LogP contribution in [0, 0.1) is 17.0 Å². The Morgan fingerprint density at radius 3 is 2.10 bits per heavy atom. The SMILES string of the molecule is CC.CC1(C)OB(c2cc(N)c(C=N)cc2Oc2ccc(F)cc2F)OC1(C)C. The first-order valence-electron chi connectivity index (χ1n) is 9.46. The van der Waals surface area contributed by atoms with Gasteiger partial charge in [0.05, 0.1) is 11.2 Å². The summed E-state index contributed by atoms with van der Waals surface area (Å²) in [6, 6.07) is 6.12. The molecule has 156 valence electrons. The van der Waals surface area contributed by atoms with Crippen LogP contribution >= 0.6 is 0 Å². The number of ether oxygens (including phenoxy) is 1. The lowest BCUT2D eigenvalue weighted by molar-refractivity contribution is 0.00578. The van der Waals surface area contributed by atoms with Crippen LogP contribution in [-0.4, -0.2) is 24.5 Å². The molecule has 1 heterocycles. The van der Waals surface area contributed by atoms with Crippen molar-refractivity contribution in [3.8, 4) is 11.5 Å². The van der Waals surface area contributed by atoms with Gasteiger partial charge in [-0.25, -0.2) is 8.78 Å². The molecule has 0 bridgehead atoms. The number of anilines is 1. The average Bonchev–Trinajstić information content (AvgIpc) is 2.87. The van der Waals surface area contributed by atoms with E-state index in [4.69, 9.17) is 25.2 Å². The summed E-state index contributed by atoms with van der Waals surface area (Å²) in [5.41, 5.74) is 6.01. The van der Waals surface area contributed by atoms with Crippen LogP contribution in [-0.2, 0) is 9.31 Å². The molecular formula is C21H27BF2N2O3. The molecule has 1 saturated heterocycles. The summed E-state index contributed by atoms with van der Waals surface area (Å²) in [6.07, 6.45) is 1.07. The van der Waals surface area contributed by atoms with Crippen molar-refractivity contribution < 1.29 is 22.8 Å². The van der Waals surface area contributed by atoms with Crippen LogP contribution in [0.2, 0.25) is 0 Å². The zero-order chi connectivity index (χ0) is 22.0. The van der Waals surface area contributed by atoms with Crippen molar-refractivity contribution in [2.45, 2.75) is 52.7 Å². The molecule has 2 aromatic rings. The van der Waals surface area contributed by atoms with Gasteiger partial charge >= 0.3 is 7.12 Å². The molecular weight excluding hydrogens is 377 g/mol. The van der Waals surface area contributed by atoms with Crippen molar-refractivity contribution in [1.29, 1.82) is 5.41 Å². The van der Waals surface area contributed by atoms with Gasteiger partial charge in [-0.05, 0) is 52.0 Å². The summed E-state index contributed by atoms with van der Waals surface area (Å²) < 4.78 is 45.0. The highest BCUT2D eigenvalue weighted by molar-refractivity contribution is 6.63. The predicted molar refractivity (Wildman–Crippen MR) is 112 cm³/mol. The monoisotopic (exact) mass is 404 g/mol. The normalized spacial score (nSPS) is 16.8. The number of hydrogen-bond donors (Lipinski definition) is 2. The molecule has 1 aliphatic heterocycles. The Bertz CT molecular complexity index is 888. The van der Waals surface area contributed by atoms with Gasteiger partial charge in [0.2, 0.25) is 0 Å². The summed E-state index contributed by atoms with van der Waals surface area (Å²) in [4.78, 5) is 0. The van der Waals surface area contributed by atoms with Crippen LogP contribution in [0.1, 0.15) is 47.1 Å². The van der Waals surface area contributed by atoms with E-state index in [9.17, 15) is 8.78 Å². The molecule has 0 amide bonds. The Morgan fingerprint density at radius 1 is 1.00 bits per heavy atom. The van der Waals surface area contributed by atoms with Crippen LogP contribution in [0.4, 0.5) is 14.5 Å². The lowest BCUT2D eigenvalue weighted by Gasteiger charge is -2.32. The average molecular weight is 404 g/mol. The van der Waals surface area contributed by atoms with Gasteiger partial charge in [-0.15, -0.1) is 0 Å². The van der Waals surface area contributed by atoms with Crippen LogP contribution in [0.15, 0.2) is 30.3 Å². The smallest absolute Gasteiger partial charge is 0.455 e. The van der Waals surface area contributed by atoms with Gasteiger partial charge in [0, 0.05) is 29.0 Å². The van der Waals surface area contributed by atoms with E-state index in [0.29, 0.717) is 16.7 Å². The topological polar surface area (TPSA) is 77.6 Å². The summed E-state index contributed by atoms with van der Waals surface area (Å²) in [5.74, 6) is -1.49. The summed E-state index contributed by atoms with van der Waals surface area (Å²) in [6.45, 7) is 11.6. The van der Waals surface area contributed by atoms with Gasteiger partial charge in [0.15, 0.2) is 11.6 Å². The van der Waals surface area contributed by atoms with Crippen molar-refractivity contribution >= 4 is 24.5 Å². The van der Waals surface area contributed by atoms with E-state index >= 15 is 0 Å². The fourth-order valence-corrected chi connectivity index (χ4v) is 2.67. The van der Waals surface area contributed by atoms with Crippen LogP contribution < -0.4 is 15.9 Å². The first-order valence-corrected chi connectivity index (χ1v) is 9.46. The fraction of sp³-hybridized carbons (Fsp3) is 0.381. The minimum absolute atomic E-state index is 0.158. The van der Waals surface area contributed by atoms with Crippen molar-refractivity contribution in [3.63, 3.8) is 0 Å². The van der Waals surface area contributed by atoms with Crippen molar-refractivity contribution in [3.05, 3.63) is 47.5 Å². The molecule has 0 radical (unpaired) electrons. The Labute approximate surface area is 170 Å². The molecule has 8 heteroatoms. The zero-order valence-electron chi connectivity index (χ0n) is 17.6. The molecule has 5 nitrogen and oxygen atoms in total. The third kappa shape index (κ3) is 4.59. The Balaban J connectivity index is 0.00000145. The minimum Gasteiger partial charge on any atom is -0.455 e. The van der Waals surface area contributed by atoms with Crippen LogP contribution in [0.3, 0.4) is 0 Å². The maximum absolute atomic E-state index is 14.1. The van der Waals surface area contributed by atoms with Crippen molar-refractivity contribution in [2.75, 3.05) is 5.73 Å². The van der Waals surface area contributed by atoms with E-state index in [0.717, 1.165) is 18.3 Å². The highest BCUT2D eigenvalue weighted by Crippen LogP contribution is 2.38. The number of benzene rings is 2. The second-order valence-corrected chi connectivity index (χ2v) is 7.43. The summed E-state index contributed by atoms with van der Waals surface area (Å²) >= 11 is 0. The Kier molecular flexibility index (Phi) is 6.70. The molecule has 0 spiro atoms. The van der Waals surface area contributed by atoms with Gasteiger partial charge < -0.3 is 25.2 Å². The summed E-state index contributed by atoms with van der Waals surface area (Å²) in [5, 5.41) is 7.49. The van der Waals surface area contributed by atoms with E-state index in [1.807, 2.05) is 41.5 Å². The Hall–Kier alpha value is -2.45. The number of hydrogen-bond acceptors (Lipinski definition) is 5. The number of nitrogen functional groups attached to an aromatic ring is 1. The van der Waals surface area contributed by atoms with E-state index in [1.54, 1.807) is 6.07 Å². The van der Waals surface area contributed by atoms with Crippen LogP contribution in [0.5, 0.6) is 11.5 Å². The molecule has 29 heavy (non-hydrogen) atoms. The summed E-state index contributed by atoms with van der Waals surface area (Å²) in [7, 11) is -0.796. The zero-order valence-corrected chi connectivity index (χ0v) is 17.6. The Morgan fingerprint density at radius 2 is 1.59 bits per heavy atom. The van der Waals surface area contributed by atoms with E-state index in [1.165, 1.54) is 12.1 Å². The second kappa shape index (κ2) is 8.51. The highest BCUT2D eigenvalue weighted by atomic mass is 19.1. The molecule has 2 aromatic carbocycles. The molecule has 1 fully saturated rings. The quantitative estimate of drug-likeness (QED) is 0.441. The molecule has 0 unspecified atom stereocenters. The number of nitrogens with one attached hydrogen (secondary N) is 1. The van der Waals surface area contributed by atoms with Gasteiger partial charge in [0.25, 0.3) is 0 Å². The lowest BCUT2D eigenvalue weighted by Crippen LogP contribution is -2.41. The number of rotatable bonds is 4. The minimum atomic E-state index is -0.844. The van der Waals surface area contributed by atoms with Gasteiger partial charge in [0.1, 0.15) is 11.6 Å². The van der Waals surface area contributed by atoms with Crippen molar-refractivity contribution in [1.82, 2.24) is 0 Å². The molecule has 0 atom stereocenters.